The van der Waals surface area contributed by atoms with Crippen molar-refractivity contribution in [1.82, 2.24) is 4.57 Å². The summed E-state index contributed by atoms with van der Waals surface area (Å²) < 4.78 is 7.42. The molecule has 7 heteroatoms. The number of thiazole rings is 1. The minimum absolute atomic E-state index is 0.00988. The van der Waals surface area contributed by atoms with Crippen molar-refractivity contribution in [2.45, 2.75) is 0 Å². The average molecular weight is 402 g/mol. The van der Waals surface area contributed by atoms with E-state index in [9.17, 15) is 14.7 Å². The molecule has 0 atom stereocenters. The molecule has 2 aromatic carbocycles. The average Bonchev–Trinajstić information content (AvgIpc) is 2.90. The molecule has 1 aromatic heterocycles. The van der Waals surface area contributed by atoms with Crippen LogP contribution in [0.2, 0.25) is 5.02 Å². The maximum Gasteiger partial charge on any atom is 0.268 e. The third kappa shape index (κ3) is 4.13. The summed E-state index contributed by atoms with van der Waals surface area (Å²) in [7, 11) is 3.08. The third-order valence-electron chi connectivity index (χ3n) is 3.94. The molecule has 0 fully saturated rings. The highest BCUT2D eigenvalue weighted by atomic mass is 35.5. The summed E-state index contributed by atoms with van der Waals surface area (Å²) in [5.74, 6) is 0.135. The van der Waals surface area contributed by atoms with Gasteiger partial charge in [0.15, 0.2) is 17.3 Å². The molecule has 0 unspecified atom stereocenters. The lowest BCUT2D eigenvalue weighted by Crippen LogP contribution is -2.29. The van der Waals surface area contributed by atoms with Crippen LogP contribution in [0, 0.1) is 0 Å². The Morgan fingerprint density at radius 1 is 1.22 bits per heavy atom. The molecule has 0 radical (unpaired) electrons. The molecular formula is C20H16ClNO4S. The standard InChI is InChI=1S/C20H16ClNO4S/c1-22-19(11-15(23)13-4-6-14(21)7-5-13)27-18(20(22)25)10-12-3-8-17(26-2)16(24)9-12/h3-11,24H,1-2H3/b18-10-,19-11-. The van der Waals surface area contributed by atoms with Crippen molar-refractivity contribution in [3.8, 4) is 11.5 Å². The van der Waals surface area contributed by atoms with Crippen molar-refractivity contribution in [2.24, 2.45) is 7.05 Å². The number of methoxy groups -OCH3 is 1. The molecular weight excluding hydrogens is 386 g/mol. The van der Waals surface area contributed by atoms with Gasteiger partial charge in [-0.05, 0) is 48.0 Å². The molecule has 0 amide bonds. The Balaban J connectivity index is 2.03. The Labute approximate surface area is 164 Å². The van der Waals surface area contributed by atoms with Crippen LogP contribution in [0.5, 0.6) is 11.5 Å². The molecule has 0 aliphatic rings. The lowest BCUT2D eigenvalue weighted by atomic mass is 10.1. The highest BCUT2D eigenvalue weighted by molar-refractivity contribution is 7.07. The number of ketones is 1. The summed E-state index contributed by atoms with van der Waals surface area (Å²) in [6.07, 6.45) is 3.09. The van der Waals surface area contributed by atoms with Gasteiger partial charge in [-0.2, -0.15) is 0 Å². The van der Waals surface area contributed by atoms with Gasteiger partial charge in [0.25, 0.3) is 5.56 Å². The minimum atomic E-state index is -0.217. The molecule has 0 aliphatic heterocycles. The Kier molecular flexibility index (Phi) is 5.48. The van der Waals surface area contributed by atoms with Gasteiger partial charge in [-0.3, -0.25) is 9.59 Å². The van der Waals surface area contributed by atoms with Crippen molar-refractivity contribution in [3.63, 3.8) is 0 Å². The highest BCUT2D eigenvalue weighted by Crippen LogP contribution is 2.26. The Morgan fingerprint density at radius 3 is 2.56 bits per heavy atom. The van der Waals surface area contributed by atoms with Crippen LogP contribution >= 0.6 is 22.9 Å². The lowest BCUT2D eigenvalue weighted by Gasteiger charge is -2.02. The second kappa shape index (κ2) is 7.82. The van der Waals surface area contributed by atoms with E-state index in [0.717, 1.165) is 0 Å². The molecule has 0 spiro atoms. The minimum Gasteiger partial charge on any atom is -0.504 e. The van der Waals surface area contributed by atoms with Crippen molar-refractivity contribution in [1.29, 1.82) is 0 Å². The topological polar surface area (TPSA) is 68.5 Å². The molecule has 3 aromatic rings. The van der Waals surface area contributed by atoms with Gasteiger partial charge in [0.05, 0.1) is 11.6 Å². The van der Waals surface area contributed by atoms with Gasteiger partial charge >= 0.3 is 0 Å². The zero-order chi connectivity index (χ0) is 19.6. The van der Waals surface area contributed by atoms with Gasteiger partial charge in [-0.1, -0.05) is 17.7 Å². The van der Waals surface area contributed by atoms with Gasteiger partial charge in [0.2, 0.25) is 0 Å². The van der Waals surface area contributed by atoms with E-state index in [4.69, 9.17) is 16.3 Å². The first-order chi connectivity index (χ1) is 12.9. The molecule has 1 N–H and O–H groups in total. The summed E-state index contributed by atoms with van der Waals surface area (Å²) in [5.41, 5.74) is 0.930. The van der Waals surface area contributed by atoms with E-state index in [1.54, 1.807) is 49.5 Å². The van der Waals surface area contributed by atoms with Crippen molar-refractivity contribution in [3.05, 3.63) is 78.2 Å². The number of carbonyl (C=O) groups is 1. The van der Waals surface area contributed by atoms with Crippen molar-refractivity contribution < 1.29 is 14.6 Å². The fraction of sp³-hybridized carbons (Fsp3) is 0.100. The molecule has 1 heterocycles. The van der Waals surface area contributed by atoms with E-state index in [0.29, 0.717) is 31.1 Å². The van der Waals surface area contributed by atoms with Crippen LogP contribution in [0.25, 0.3) is 12.2 Å². The maximum atomic E-state index is 12.5. The summed E-state index contributed by atoms with van der Waals surface area (Å²) in [6, 6.07) is 11.4. The summed E-state index contributed by atoms with van der Waals surface area (Å²) in [6.45, 7) is 0. The zero-order valence-corrected chi connectivity index (χ0v) is 16.2. The van der Waals surface area contributed by atoms with Crippen LogP contribution in [0.1, 0.15) is 15.9 Å². The van der Waals surface area contributed by atoms with Gasteiger partial charge < -0.3 is 14.4 Å². The molecule has 0 saturated heterocycles. The number of aromatic nitrogens is 1. The van der Waals surface area contributed by atoms with Crippen molar-refractivity contribution in [2.75, 3.05) is 7.11 Å². The summed E-state index contributed by atoms with van der Waals surface area (Å²) >= 11 is 7.04. The number of rotatable bonds is 4. The molecule has 0 aliphatic carbocycles. The van der Waals surface area contributed by atoms with E-state index in [2.05, 4.69) is 0 Å². The second-order valence-corrected chi connectivity index (χ2v) is 7.26. The molecule has 3 rings (SSSR count). The second-order valence-electron chi connectivity index (χ2n) is 5.76. The maximum absolute atomic E-state index is 12.5. The van der Waals surface area contributed by atoms with Crippen LogP contribution in [-0.2, 0) is 7.05 Å². The number of phenols is 1. The number of halogens is 1. The first-order valence-corrected chi connectivity index (χ1v) is 9.14. The van der Waals surface area contributed by atoms with Gasteiger partial charge in [-0.15, -0.1) is 11.3 Å². The predicted molar refractivity (Wildman–Crippen MR) is 107 cm³/mol. The number of phenolic OH excluding ortho intramolecular Hbond substituents is 1. The molecule has 27 heavy (non-hydrogen) atoms. The third-order valence-corrected chi connectivity index (χ3v) is 5.31. The molecule has 138 valence electrons. The van der Waals surface area contributed by atoms with Crippen LogP contribution in [-0.4, -0.2) is 22.6 Å². The van der Waals surface area contributed by atoms with Gasteiger partial charge in [-0.25, -0.2) is 0 Å². The Hall–Kier alpha value is -2.83. The van der Waals surface area contributed by atoms with Crippen molar-refractivity contribution >= 4 is 40.9 Å². The number of nitrogens with zero attached hydrogens (tertiary/aromatic N) is 1. The quantitative estimate of drug-likeness (QED) is 0.681. The number of benzene rings is 2. The van der Waals surface area contributed by atoms with E-state index in [-0.39, 0.29) is 17.1 Å². The van der Waals surface area contributed by atoms with E-state index in [1.165, 1.54) is 35.2 Å². The number of Topliss-reactive ketones (excluding diaryl/α,β-unsaturated/α-hetero) is 1. The molecule has 0 bridgehead atoms. The van der Waals surface area contributed by atoms with E-state index < -0.39 is 0 Å². The number of carbonyl (C=O) groups excluding carboxylic acids is 1. The number of hydrogen-bond acceptors (Lipinski definition) is 5. The van der Waals surface area contributed by atoms with Crippen LogP contribution in [0.15, 0.2) is 47.3 Å². The Bertz CT molecular complexity index is 1180. The van der Waals surface area contributed by atoms with Crippen LogP contribution < -0.4 is 19.5 Å². The smallest absolute Gasteiger partial charge is 0.268 e. The SMILES string of the molecule is COc1ccc(/C=c2\s/c(=C\C(=O)c3ccc(Cl)cc3)n(C)c2=O)cc1O. The highest BCUT2D eigenvalue weighted by Gasteiger charge is 2.06. The predicted octanol–water partition coefficient (Wildman–Crippen LogP) is 2.31. The monoisotopic (exact) mass is 401 g/mol. The number of hydrogen-bond donors (Lipinski definition) is 1. The lowest BCUT2D eigenvalue weighted by molar-refractivity contribution is 0.106. The summed E-state index contributed by atoms with van der Waals surface area (Å²) in [5, 5.41) is 10.4. The molecule has 0 saturated carbocycles. The van der Waals surface area contributed by atoms with E-state index in [1.807, 2.05) is 0 Å². The largest absolute Gasteiger partial charge is 0.504 e. The fourth-order valence-corrected chi connectivity index (χ4v) is 3.62. The van der Waals surface area contributed by atoms with E-state index >= 15 is 0 Å². The number of ether oxygens (including phenoxy) is 1. The fourth-order valence-electron chi connectivity index (χ4n) is 2.47. The molecule has 5 nitrogen and oxygen atoms in total. The van der Waals surface area contributed by atoms with Crippen LogP contribution in [0.3, 0.4) is 0 Å². The van der Waals surface area contributed by atoms with Gasteiger partial charge in [0, 0.05) is 23.7 Å². The van der Waals surface area contributed by atoms with Crippen LogP contribution in [0.4, 0.5) is 0 Å². The zero-order valence-electron chi connectivity index (χ0n) is 14.6. The Morgan fingerprint density at radius 2 is 1.93 bits per heavy atom. The number of aromatic hydroxyl groups is 1. The summed E-state index contributed by atoms with van der Waals surface area (Å²) in [4.78, 5) is 24.9. The van der Waals surface area contributed by atoms with Gasteiger partial charge in [0.1, 0.15) is 4.66 Å². The first-order valence-electron chi connectivity index (χ1n) is 7.95. The first kappa shape index (κ1) is 18.9. The normalized spacial score (nSPS) is 12.4.